The molecule has 0 saturated heterocycles. The van der Waals surface area contributed by atoms with Crippen LogP contribution in [0.1, 0.15) is 80.4 Å². The SMILES string of the molecule is CC(C)(C)C1=C(C2=Cc3cc(O[Si](C)(C)C(C)(C)C)ccc3C2(C)C)OCC1(C)C. The molecule has 3 heteroatoms. The van der Waals surface area contributed by atoms with E-state index in [1.165, 1.54) is 22.3 Å². The lowest BCUT2D eigenvalue weighted by Crippen LogP contribution is -2.43. The van der Waals surface area contributed by atoms with Crippen LogP contribution in [0.3, 0.4) is 0 Å². The zero-order valence-electron chi connectivity index (χ0n) is 21.3. The van der Waals surface area contributed by atoms with E-state index >= 15 is 0 Å². The van der Waals surface area contributed by atoms with Crippen molar-refractivity contribution in [1.29, 1.82) is 0 Å². The van der Waals surface area contributed by atoms with Gasteiger partial charge in [0.1, 0.15) is 11.5 Å². The summed E-state index contributed by atoms with van der Waals surface area (Å²) in [6, 6.07) is 6.66. The van der Waals surface area contributed by atoms with Crippen molar-refractivity contribution in [3.8, 4) is 5.75 Å². The summed E-state index contributed by atoms with van der Waals surface area (Å²) in [7, 11) is -1.87. The molecule has 1 aliphatic heterocycles. The fourth-order valence-electron chi connectivity index (χ4n) is 4.84. The molecule has 1 heterocycles. The third-order valence-corrected chi connectivity index (χ3v) is 11.7. The van der Waals surface area contributed by atoms with Gasteiger partial charge < -0.3 is 9.16 Å². The lowest BCUT2D eigenvalue weighted by Gasteiger charge is -2.36. The average molecular weight is 427 g/mol. The van der Waals surface area contributed by atoms with E-state index in [0.29, 0.717) is 0 Å². The number of allylic oxidation sites excluding steroid dienone is 1. The maximum absolute atomic E-state index is 6.60. The number of benzene rings is 1. The Morgan fingerprint density at radius 3 is 2.10 bits per heavy atom. The van der Waals surface area contributed by atoms with Gasteiger partial charge in [-0.2, -0.15) is 0 Å². The van der Waals surface area contributed by atoms with Crippen LogP contribution in [0, 0.1) is 10.8 Å². The number of hydrogen-bond donors (Lipinski definition) is 0. The molecule has 2 aliphatic rings. The Morgan fingerprint density at radius 1 is 0.967 bits per heavy atom. The minimum Gasteiger partial charge on any atom is -0.543 e. The van der Waals surface area contributed by atoms with E-state index in [4.69, 9.17) is 9.16 Å². The Balaban J connectivity index is 2.08. The molecule has 0 N–H and O–H groups in total. The maximum atomic E-state index is 6.60. The minimum atomic E-state index is -1.87. The fraction of sp³-hybridized carbons (Fsp3) is 0.630. The topological polar surface area (TPSA) is 18.5 Å². The molecule has 1 aromatic carbocycles. The predicted octanol–water partition coefficient (Wildman–Crippen LogP) is 8.10. The van der Waals surface area contributed by atoms with Gasteiger partial charge in [-0.25, -0.2) is 0 Å². The molecule has 0 unspecified atom stereocenters. The summed E-state index contributed by atoms with van der Waals surface area (Å²) in [4.78, 5) is 0. The van der Waals surface area contributed by atoms with Crippen LogP contribution in [-0.2, 0) is 10.2 Å². The molecule has 0 aromatic heterocycles. The standard InChI is InChI=1S/C27H42O2Si/c1-24(2,3)23-22(28-17-26(23,7)8)21-16-18-15-19(13-14-20(18)27(21,9)10)29-30(11,12)25(4,5)6/h13-16H,17H2,1-12H3. The molecule has 1 aliphatic carbocycles. The Morgan fingerprint density at radius 2 is 1.57 bits per heavy atom. The van der Waals surface area contributed by atoms with Crippen molar-refractivity contribution in [2.24, 2.45) is 10.8 Å². The van der Waals surface area contributed by atoms with Crippen LogP contribution in [0.25, 0.3) is 6.08 Å². The van der Waals surface area contributed by atoms with Crippen LogP contribution < -0.4 is 4.43 Å². The second-order valence-corrected chi connectivity index (χ2v) is 17.6. The first-order valence-corrected chi connectivity index (χ1v) is 14.2. The maximum Gasteiger partial charge on any atom is 0.250 e. The molecule has 0 atom stereocenters. The first-order chi connectivity index (χ1) is 13.4. The molecule has 0 fully saturated rings. The van der Waals surface area contributed by atoms with Crippen LogP contribution >= 0.6 is 0 Å². The van der Waals surface area contributed by atoms with E-state index in [-0.39, 0.29) is 21.3 Å². The molecular weight excluding hydrogens is 384 g/mol. The Hall–Kier alpha value is -1.48. The molecule has 0 saturated carbocycles. The van der Waals surface area contributed by atoms with Gasteiger partial charge in [0, 0.05) is 16.4 Å². The van der Waals surface area contributed by atoms with E-state index < -0.39 is 8.32 Å². The average Bonchev–Trinajstić information content (AvgIpc) is 2.98. The van der Waals surface area contributed by atoms with Gasteiger partial charge in [0.05, 0.1) is 6.61 Å². The highest BCUT2D eigenvalue weighted by Gasteiger charge is 2.46. The molecule has 0 radical (unpaired) electrons. The number of hydrogen-bond acceptors (Lipinski definition) is 2. The summed E-state index contributed by atoms with van der Waals surface area (Å²) in [5.41, 5.74) is 5.39. The van der Waals surface area contributed by atoms with Crippen LogP contribution in [-0.4, -0.2) is 14.9 Å². The number of fused-ring (bicyclic) bond motifs is 1. The molecule has 166 valence electrons. The summed E-state index contributed by atoms with van der Waals surface area (Å²) in [6.07, 6.45) is 2.34. The van der Waals surface area contributed by atoms with Gasteiger partial charge in [-0.15, -0.1) is 0 Å². The van der Waals surface area contributed by atoms with Crippen molar-refractivity contribution in [3.05, 3.63) is 46.2 Å². The van der Waals surface area contributed by atoms with E-state index in [9.17, 15) is 0 Å². The van der Waals surface area contributed by atoms with Crippen molar-refractivity contribution >= 4 is 14.4 Å². The molecule has 0 bridgehead atoms. The van der Waals surface area contributed by atoms with Crippen molar-refractivity contribution < 1.29 is 9.16 Å². The summed E-state index contributed by atoms with van der Waals surface area (Å²) < 4.78 is 13.0. The van der Waals surface area contributed by atoms with Gasteiger partial charge in [0.25, 0.3) is 0 Å². The summed E-state index contributed by atoms with van der Waals surface area (Å²) in [6.45, 7) is 28.4. The number of rotatable bonds is 3. The highest BCUT2D eigenvalue weighted by atomic mass is 28.4. The molecule has 0 amide bonds. The van der Waals surface area contributed by atoms with Crippen molar-refractivity contribution in [2.45, 2.75) is 92.8 Å². The normalized spacial score (nSPS) is 20.7. The smallest absolute Gasteiger partial charge is 0.250 e. The van der Waals surface area contributed by atoms with Gasteiger partial charge in [-0.05, 0) is 58.5 Å². The Kier molecular flexibility index (Phi) is 5.22. The van der Waals surface area contributed by atoms with E-state index in [1.807, 2.05) is 0 Å². The van der Waals surface area contributed by atoms with Crippen molar-refractivity contribution in [1.82, 2.24) is 0 Å². The zero-order valence-corrected chi connectivity index (χ0v) is 22.3. The van der Waals surface area contributed by atoms with Gasteiger partial charge in [0.15, 0.2) is 0 Å². The molecule has 30 heavy (non-hydrogen) atoms. The molecule has 2 nitrogen and oxygen atoms in total. The first-order valence-electron chi connectivity index (χ1n) is 11.3. The lowest BCUT2D eigenvalue weighted by molar-refractivity contribution is 0.183. The summed E-state index contributed by atoms with van der Waals surface area (Å²) in [5, 5.41) is 0.183. The zero-order chi connectivity index (χ0) is 22.9. The Bertz CT molecular complexity index is 915. The van der Waals surface area contributed by atoms with Crippen LogP contribution in [0.2, 0.25) is 18.1 Å². The molecular formula is C27H42O2Si. The largest absolute Gasteiger partial charge is 0.543 e. The van der Waals surface area contributed by atoms with Gasteiger partial charge in [0.2, 0.25) is 8.32 Å². The monoisotopic (exact) mass is 426 g/mol. The van der Waals surface area contributed by atoms with Crippen LogP contribution in [0.15, 0.2) is 35.1 Å². The van der Waals surface area contributed by atoms with Gasteiger partial charge in [-0.1, -0.05) is 75.3 Å². The second kappa shape index (κ2) is 6.76. The summed E-state index contributed by atoms with van der Waals surface area (Å²) >= 11 is 0. The van der Waals surface area contributed by atoms with E-state index in [2.05, 4.69) is 107 Å². The number of ether oxygens (including phenoxy) is 1. The van der Waals surface area contributed by atoms with Crippen LogP contribution in [0.4, 0.5) is 0 Å². The molecule has 0 spiro atoms. The van der Waals surface area contributed by atoms with Gasteiger partial charge >= 0.3 is 0 Å². The minimum absolute atomic E-state index is 0.0515. The molecule has 1 aromatic rings. The third-order valence-electron chi connectivity index (χ3n) is 7.32. The lowest BCUT2D eigenvalue weighted by atomic mass is 9.69. The Labute approximate surface area is 185 Å². The first kappa shape index (κ1) is 23.2. The van der Waals surface area contributed by atoms with Crippen molar-refractivity contribution in [2.75, 3.05) is 6.61 Å². The highest BCUT2D eigenvalue weighted by molar-refractivity contribution is 6.74. The quantitative estimate of drug-likeness (QED) is 0.454. The highest BCUT2D eigenvalue weighted by Crippen LogP contribution is 2.54. The fourth-order valence-corrected chi connectivity index (χ4v) is 5.87. The van der Waals surface area contributed by atoms with E-state index in [1.54, 1.807) is 0 Å². The second-order valence-electron chi connectivity index (χ2n) is 12.9. The van der Waals surface area contributed by atoms with E-state index in [0.717, 1.165) is 18.1 Å². The van der Waals surface area contributed by atoms with Crippen LogP contribution in [0.5, 0.6) is 5.75 Å². The van der Waals surface area contributed by atoms with Gasteiger partial charge in [-0.3, -0.25) is 0 Å². The van der Waals surface area contributed by atoms with Crippen molar-refractivity contribution in [3.63, 3.8) is 0 Å². The molecule has 3 rings (SSSR count). The third kappa shape index (κ3) is 3.79. The summed E-state index contributed by atoms with van der Waals surface area (Å²) in [5.74, 6) is 2.10. The predicted molar refractivity (Wildman–Crippen MR) is 131 cm³/mol.